The molecule has 0 saturated heterocycles. The number of hydrogen-bond acceptors (Lipinski definition) is 4. The molecule has 5 nitrogen and oxygen atoms in total. The first-order valence-corrected chi connectivity index (χ1v) is 7.36. The standard InChI is InChI=1S/C16H18FN5/c1-3-4-9-21(2)15-14-10-20-22(16(14)19-11-18-15)13-7-5-12(17)6-8-13/h5-8,10-11H,3-4,9H2,1-2H3. The van der Waals surface area contributed by atoms with Gasteiger partial charge in [0, 0.05) is 13.6 Å². The van der Waals surface area contributed by atoms with Crippen LogP contribution in [0.5, 0.6) is 0 Å². The smallest absolute Gasteiger partial charge is 0.168 e. The summed E-state index contributed by atoms with van der Waals surface area (Å²) in [5, 5.41) is 5.28. The second-order valence-corrected chi connectivity index (χ2v) is 5.24. The summed E-state index contributed by atoms with van der Waals surface area (Å²) in [6, 6.07) is 6.20. The zero-order valence-corrected chi connectivity index (χ0v) is 12.7. The topological polar surface area (TPSA) is 46.8 Å². The minimum atomic E-state index is -0.269. The summed E-state index contributed by atoms with van der Waals surface area (Å²) in [5.74, 6) is 0.599. The predicted molar refractivity (Wildman–Crippen MR) is 84.8 cm³/mol. The van der Waals surface area contributed by atoms with Crippen molar-refractivity contribution >= 4 is 16.9 Å². The molecular weight excluding hydrogens is 281 g/mol. The van der Waals surface area contributed by atoms with E-state index in [1.807, 2.05) is 7.05 Å². The summed E-state index contributed by atoms with van der Waals surface area (Å²) in [6.45, 7) is 3.10. The molecule has 3 aromatic rings. The van der Waals surface area contributed by atoms with E-state index in [1.165, 1.54) is 12.1 Å². The summed E-state index contributed by atoms with van der Waals surface area (Å²) in [4.78, 5) is 10.8. The zero-order valence-electron chi connectivity index (χ0n) is 12.7. The van der Waals surface area contributed by atoms with Crippen LogP contribution in [0, 0.1) is 5.82 Å². The number of unbranched alkanes of at least 4 members (excludes halogenated alkanes) is 1. The molecule has 0 fully saturated rings. The van der Waals surface area contributed by atoms with Crippen LogP contribution in [0.25, 0.3) is 16.7 Å². The summed E-state index contributed by atoms with van der Waals surface area (Å²) in [6.07, 6.45) is 5.54. The average Bonchev–Trinajstić information content (AvgIpc) is 2.97. The van der Waals surface area contributed by atoms with Crippen molar-refractivity contribution in [2.24, 2.45) is 0 Å². The van der Waals surface area contributed by atoms with E-state index >= 15 is 0 Å². The number of halogens is 1. The Morgan fingerprint density at radius 1 is 1.18 bits per heavy atom. The highest BCUT2D eigenvalue weighted by Gasteiger charge is 2.13. The summed E-state index contributed by atoms with van der Waals surface area (Å²) in [7, 11) is 2.02. The predicted octanol–water partition coefficient (Wildman–Crippen LogP) is 3.19. The lowest BCUT2D eigenvalue weighted by Crippen LogP contribution is -2.19. The van der Waals surface area contributed by atoms with Gasteiger partial charge in [0.2, 0.25) is 0 Å². The maximum atomic E-state index is 13.1. The highest BCUT2D eigenvalue weighted by atomic mass is 19.1. The Bertz CT molecular complexity index is 766. The summed E-state index contributed by atoms with van der Waals surface area (Å²) in [5.41, 5.74) is 1.50. The monoisotopic (exact) mass is 299 g/mol. The first-order chi connectivity index (χ1) is 10.7. The molecule has 0 saturated carbocycles. The summed E-state index contributed by atoms with van der Waals surface area (Å²) < 4.78 is 14.8. The molecule has 6 heteroatoms. The largest absolute Gasteiger partial charge is 0.359 e. The van der Waals surface area contributed by atoms with Gasteiger partial charge in [-0.25, -0.2) is 19.0 Å². The van der Waals surface area contributed by atoms with Crippen LogP contribution in [-0.2, 0) is 0 Å². The Morgan fingerprint density at radius 3 is 2.68 bits per heavy atom. The lowest BCUT2D eigenvalue weighted by molar-refractivity contribution is 0.627. The normalized spacial score (nSPS) is 11.0. The van der Waals surface area contributed by atoms with E-state index in [4.69, 9.17) is 0 Å². The van der Waals surface area contributed by atoms with Gasteiger partial charge in [-0.3, -0.25) is 0 Å². The van der Waals surface area contributed by atoms with Gasteiger partial charge in [-0.15, -0.1) is 0 Å². The van der Waals surface area contributed by atoms with Gasteiger partial charge in [0.1, 0.15) is 18.0 Å². The average molecular weight is 299 g/mol. The van der Waals surface area contributed by atoms with Gasteiger partial charge in [0.05, 0.1) is 17.3 Å². The molecule has 114 valence electrons. The maximum Gasteiger partial charge on any atom is 0.168 e. The van der Waals surface area contributed by atoms with E-state index in [1.54, 1.807) is 29.3 Å². The third kappa shape index (κ3) is 2.64. The van der Waals surface area contributed by atoms with E-state index in [9.17, 15) is 4.39 Å². The molecule has 3 rings (SSSR count). The van der Waals surface area contributed by atoms with Gasteiger partial charge >= 0.3 is 0 Å². The van der Waals surface area contributed by atoms with Crippen LogP contribution in [-0.4, -0.2) is 33.3 Å². The van der Waals surface area contributed by atoms with Crippen molar-refractivity contribution in [2.45, 2.75) is 19.8 Å². The van der Waals surface area contributed by atoms with Crippen LogP contribution in [0.4, 0.5) is 10.2 Å². The van der Waals surface area contributed by atoms with E-state index in [0.717, 1.165) is 41.9 Å². The van der Waals surface area contributed by atoms with Gasteiger partial charge in [-0.05, 0) is 30.7 Å². The van der Waals surface area contributed by atoms with Crippen molar-refractivity contribution in [3.8, 4) is 5.69 Å². The van der Waals surface area contributed by atoms with E-state index in [2.05, 4.69) is 26.9 Å². The molecule has 0 spiro atoms. The second kappa shape index (κ2) is 6.09. The molecule has 0 aliphatic rings. The van der Waals surface area contributed by atoms with Gasteiger partial charge in [0.15, 0.2) is 5.65 Å². The molecule has 22 heavy (non-hydrogen) atoms. The zero-order chi connectivity index (χ0) is 15.5. The highest BCUT2D eigenvalue weighted by Crippen LogP contribution is 2.24. The van der Waals surface area contributed by atoms with Crippen molar-refractivity contribution in [3.05, 3.63) is 42.6 Å². The Kier molecular flexibility index (Phi) is 4.00. The Balaban J connectivity index is 2.03. The van der Waals surface area contributed by atoms with Crippen molar-refractivity contribution in [1.29, 1.82) is 0 Å². The summed E-state index contributed by atoms with van der Waals surface area (Å²) >= 11 is 0. The lowest BCUT2D eigenvalue weighted by atomic mass is 10.3. The van der Waals surface area contributed by atoms with Crippen LogP contribution < -0.4 is 4.90 Å². The number of benzene rings is 1. The number of fused-ring (bicyclic) bond motifs is 1. The number of nitrogens with zero attached hydrogens (tertiary/aromatic N) is 5. The van der Waals surface area contributed by atoms with Crippen LogP contribution in [0.15, 0.2) is 36.8 Å². The van der Waals surface area contributed by atoms with Gasteiger partial charge in [-0.1, -0.05) is 13.3 Å². The van der Waals surface area contributed by atoms with Crippen LogP contribution in [0.3, 0.4) is 0 Å². The molecule has 0 unspecified atom stereocenters. The number of aromatic nitrogens is 4. The number of hydrogen-bond donors (Lipinski definition) is 0. The molecule has 0 amide bonds. The first-order valence-electron chi connectivity index (χ1n) is 7.36. The molecule has 2 aromatic heterocycles. The molecule has 0 aliphatic heterocycles. The van der Waals surface area contributed by atoms with Crippen molar-refractivity contribution in [2.75, 3.05) is 18.5 Å². The van der Waals surface area contributed by atoms with E-state index < -0.39 is 0 Å². The molecule has 1 aromatic carbocycles. The number of anilines is 1. The van der Waals surface area contributed by atoms with E-state index in [-0.39, 0.29) is 5.82 Å². The molecular formula is C16H18FN5. The van der Waals surface area contributed by atoms with Crippen molar-refractivity contribution in [3.63, 3.8) is 0 Å². The van der Waals surface area contributed by atoms with Crippen molar-refractivity contribution in [1.82, 2.24) is 19.7 Å². The van der Waals surface area contributed by atoms with Crippen LogP contribution in [0.1, 0.15) is 19.8 Å². The fourth-order valence-electron chi connectivity index (χ4n) is 2.41. The Labute approximate surface area is 128 Å². The Hall–Kier alpha value is -2.50. The fourth-order valence-corrected chi connectivity index (χ4v) is 2.41. The first kappa shape index (κ1) is 14.4. The number of rotatable bonds is 5. The molecule has 0 radical (unpaired) electrons. The Morgan fingerprint density at radius 2 is 1.95 bits per heavy atom. The fraction of sp³-hybridized carbons (Fsp3) is 0.312. The third-order valence-corrected chi connectivity index (χ3v) is 3.62. The lowest BCUT2D eigenvalue weighted by Gasteiger charge is -2.17. The third-order valence-electron chi connectivity index (χ3n) is 3.62. The maximum absolute atomic E-state index is 13.1. The molecule has 2 heterocycles. The minimum Gasteiger partial charge on any atom is -0.359 e. The molecule has 0 bridgehead atoms. The highest BCUT2D eigenvalue weighted by molar-refractivity contribution is 5.87. The second-order valence-electron chi connectivity index (χ2n) is 5.24. The molecule has 0 aliphatic carbocycles. The van der Waals surface area contributed by atoms with Gasteiger partial charge in [-0.2, -0.15) is 5.10 Å². The minimum absolute atomic E-state index is 0.269. The quantitative estimate of drug-likeness (QED) is 0.726. The van der Waals surface area contributed by atoms with Gasteiger partial charge in [0.25, 0.3) is 0 Å². The van der Waals surface area contributed by atoms with Crippen LogP contribution in [0.2, 0.25) is 0 Å². The van der Waals surface area contributed by atoms with E-state index in [0.29, 0.717) is 0 Å². The van der Waals surface area contributed by atoms with Crippen molar-refractivity contribution < 1.29 is 4.39 Å². The molecule has 0 N–H and O–H groups in total. The van der Waals surface area contributed by atoms with Gasteiger partial charge < -0.3 is 4.90 Å². The SMILES string of the molecule is CCCCN(C)c1ncnc2c1cnn2-c1ccc(F)cc1. The molecule has 0 atom stereocenters. The van der Waals surface area contributed by atoms with Crippen LogP contribution >= 0.6 is 0 Å².